The van der Waals surface area contributed by atoms with Crippen molar-refractivity contribution in [2.45, 2.75) is 12.8 Å². The van der Waals surface area contributed by atoms with E-state index in [1.165, 1.54) is 0 Å². The Bertz CT molecular complexity index is 1370. The van der Waals surface area contributed by atoms with Crippen LogP contribution in [0.5, 0.6) is 23.0 Å². The summed E-state index contributed by atoms with van der Waals surface area (Å²) in [7, 11) is 0. The Hall–Kier alpha value is -4.78. The van der Waals surface area contributed by atoms with Crippen LogP contribution in [0.4, 0.5) is 11.4 Å². The number of hydrogen-bond acceptors (Lipinski definition) is 7. The zero-order valence-corrected chi connectivity index (χ0v) is 19.0. The molecule has 5 N–H and O–H groups in total. The zero-order valence-electron chi connectivity index (χ0n) is 19.0. The van der Waals surface area contributed by atoms with Crippen molar-refractivity contribution in [2.75, 3.05) is 11.5 Å². The largest absolute Gasteiger partial charge is 0.506 e. The molecule has 0 heterocycles. The van der Waals surface area contributed by atoms with Crippen LogP contribution in [0.3, 0.4) is 0 Å². The number of rotatable bonds is 7. The van der Waals surface area contributed by atoms with Crippen molar-refractivity contribution in [3.8, 4) is 23.0 Å². The van der Waals surface area contributed by atoms with E-state index in [1.54, 1.807) is 78.9 Å². The molecular formula is C28H24N2O5. The van der Waals surface area contributed by atoms with Crippen LogP contribution in [0.1, 0.15) is 44.7 Å². The first-order chi connectivity index (χ1) is 16.8. The van der Waals surface area contributed by atoms with E-state index in [0.29, 0.717) is 34.0 Å². The normalized spacial score (nSPS) is 11.5. The summed E-state index contributed by atoms with van der Waals surface area (Å²) >= 11 is 0. The van der Waals surface area contributed by atoms with Crippen molar-refractivity contribution in [3.05, 3.63) is 107 Å². The molecule has 7 nitrogen and oxygen atoms in total. The summed E-state index contributed by atoms with van der Waals surface area (Å²) in [6, 6.07) is 23.5. The molecule has 0 saturated carbocycles. The molecule has 0 bridgehead atoms. The number of esters is 1. The van der Waals surface area contributed by atoms with Crippen LogP contribution in [-0.2, 0) is 0 Å². The third kappa shape index (κ3) is 5.42. The van der Waals surface area contributed by atoms with Gasteiger partial charge in [-0.2, -0.15) is 0 Å². The Morgan fingerprint density at radius 3 is 1.97 bits per heavy atom. The molecule has 0 saturated heterocycles. The van der Waals surface area contributed by atoms with Gasteiger partial charge in [-0.15, -0.1) is 0 Å². The first kappa shape index (κ1) is 23.4. The topological polar surface area (TPSA) is 125 Å². The van der Waals surface area contributed by atoms with Crippen LogP contribution in [0.15, 0.2) is 84.9 Å². The molecule has 0 aliphatic rings. The maximum Gasteiger partial charge on any atom is 0.343 e. The number of phenolic OH excluding ortho intramolecular Hbond substituents is 1. The second kappa shape index (κ2) is 10.0. The quantitative estimate of drug-likeness (QED) is 0.107. The van der Waals surface area contributed by atoms with Crippen LogP contribution in [0.25, 0.3) is 0 Å². The first-order valence-corrected chi connectivity index (χ1v) is 10.9. The molecule has 0 aromatic heterocycles. The molecule has 0 aliphatic heterocycles. The molecule has 0 spiro atoms. The summed E-state index contributed by atoms with van der Waals surface area (Å²) in [6.45, 7) is 1.99. The average molecular weight is 469 g/mol. The van der Waals surface area contributed by atoms with Crippen LogP contribution in [0.2, 0.25) is 0 Å². The summed E-state index contributed by atoms with van der Waals surface area (Å²) in [6.07, 6.45) is 0.761. The van der Waals surface area contributed by atoms with E-state index < -0.39 is 5.97 Å². The second-order valence-corrected chi connectivity index (χ2v) is 8.04. The van der Waals surface area contributed by atoms with Gasteiger partial charge in [-0.3, -0.25) is 4.79 Å². The molecule has 4 aromatic rings. The third-order valence-corrected chi connectivity index (χ3v) is 5.63. The molecule has 4 rings (SSSR count). The number of benzene rings is 4. The number of nitrogen functional groups attached to an aromatic ring is 2. The van der Waals surface area contributed by atoms with Gasteiger partial charge >= 0.3 is 5.97 Å². The van der Waals surface area contributed by atoms with Crippen LogP contribution in [-0.4, -0.2) is 17.4 Å². The fourth-order valence-electron chi connectivity index (χ4n) is 3.53. The van der Waals surface area contributed by atoms with E-state index in [9.17, 15) is 14.7 Å². The highest BCUT2D eigenvalue weighted by Gasteiger charge is 2.15. The summed E-state index contributed by atoms with van der Waals surface area (Å²) in [5.41, 5.74) is 15.3. The lowest BCUT2D eigenvalue weighted by molar-refractivity contribution is 0.0735. The molecule has 35 heavy (non-hydrogen) atoms. The van der Waals surface area contributed by atoms with Gasteiger partial charge in [0.15, 0.2) is 5.75 Å². The first-order valence-electron chi connectivity index (χ1n) is 10.9. The second-order valence-electron chi connectivity index (χ2n) is 8.04. The minimum atomic E-state index is -0.550. The van der Waals surface area contributed by atoms with E-state index in [1.807, 2.05) is 13.0 Å². The fourth-order valence-corrected chi connectivity index (χ4v) is 3.53. The van der Waals surface area contributed by atoms with Gasteiger partial charge in [0.05, 0.1) is 16.9 Å². The van der Waals surface area contributed by atoms with Crippen molar-refractivity contribution < 1.29 is 24.2 Å². The lowest BCUT2D eigenvalue weighted by Gasteiger charge is -2.16. The van der Waals surface area contributed by atoms with Crippen LogP contribution >= 0.6 is 0 Å². The van der Waals surface area contributed by atoms with Gasteiger partial charge < -0.3 is 26.0 Å². The van der Waals surface area contributed by atoms with Crippen molar-refractivity contribution in [1.82, 2.24) is 0 Å². The molecule has 0 aliphatic carbocycles. The molecule has 0 amide bonds. The number of nitrogens with two attached hydrogens (primary N) is 2. The van der Waals surface area contributed by atoms with Crippen LogP contribution < -0.4 is 20.9 Å². The smallest absolute Gasteiger partial charge is 0.343 e. The highest BCUT2D eigenvalue weighted by Crippen LogP contribution is 2.33. The monoisotopic (exact) mass is 468 g/mol. The Balaban J connectivity index is 1.42. The highest BCUT2D eigenvalue weighted by molar-refractivity contribution is 5.91. The summed E-state index contributed by atoms with van der Waals surface area (Å²) < 4.78 is 11.2. The Morgan fingerprint density at radius 2 is 1.40 bits per heavy atom. The van der Waals surface area contributed by atoms with Gasteiger partial charge in [-0.05, 0) is 83.9 Å². The highest BCUT2D eigenvalue weighted by atomic mass is 16.5. The van der Waals surface area contributed by atoms with Gasteiger partial charge in [0.1, 0.15) is 23.5 Å². The Morgan fingerprint density at radius 1 is 0.829 bits per heavy atom. The van der Waals surface area contributed by atoms with E-state index in [4.69, 9.17) is 20.9 Å². The van der Waals surface area contributed by atoms with Crippen molar-refractivity contribution in [2.24, 2.45) is 0 Å². The van der Waals surface area contributed by atoms with E-state index in [0.717, 1.165) is 17.4 Å². The maximum atomic E-state index is 12.6. The summed E-state index contributed by atoms with van der Waals surface area (Å²) in [4.78, 5) is 23.4. The average Bonchev–Trinajstić information content (AvgIpc) is 2.87. The number of carbonyl (C=O) groups excluding carboxylic acids is 2. The molecule has 1 atom stereocenters. The van der Waals surface area contributed by atoms with Gasteiger partial charge in [0, 0.05) is 11.5 Å². The van der Waals surface area contributed by atoms with Gasteiger partial charge in [-0.25, -0.2) is 4.79 Å². The van der Waals surface area contributed by atoms with Gasteiger partial charge in [0.2, 0.25) is 0 Å². The van der Waals surface area contributed by atoms with Crippen molar-refractivity contribution >= 4 is 23.6 Å². The van der Waals surface area contributed by atoms with Crippen LogP contribution in [0, 0.1) is 0 Å². The lowest BCUT2D eigenvalue weighted by atomic mass is 9.92. The number of phenols is 1. The molecule has 7 heteroatoms. The summed E-state index contributed by atoms with van der Waals surface area (Å²) in [5.74, 6) is 0.816. The standard InChI is InChI=1S/C28H24N2O5/c1-17(20-6-12-26(32)24(29)14-20)21-7-13-27(25(30)15-21)35-28(33)19-4-10-23(11-5-19)34-22-8-2-18(16-31)3-9-22/h2-17,32H,29-30H2,1H3. The zero-order chi connectivity index (χ0) is 24.9. The number of aromatic hydroxyl groups is 1. The lowest BCUT2D eigenvalue weighted by Crippen LogP contribution is -2.10. The van der Waals surface area contributed by atoms with E-state index in [-0.39, 0.29) is 17.4 Å². The molecule has 4 aromatic carbocycles. The Kier molecular flexibility index (Phi) is 6.69. The third-order valence-electron chi connectivity index (χ3n) is 5.63. The van der Waals surface area contributed by atoms with Gasteiger partial charge in [0.25, 0.3) is 0 Å². The SMILES string of the molecule is CC(c1ccc(O)c(N)c1)c1ccc(OC(=O)c2ccc(Oc3ccc(C=O)cc3)cc2)c(N)c1. The molecule has 176 valence electrons. The Labute approximate surface area is 202 Å². The number of carbonyl (C=O) groups is 2. The van der Waals surface area contributed by atoms with E-state index >= 15 is 0 Å². The number of hydrogen-bond donors (Lipinski definition) is 3. The number of ether oxygens (including phenoxy) is 2. The number of anilines is 2. The molecule has 0 fully saturated rings. The van der Waals surface area contributed by atoms with E-state index in [2.05, 4.69) is 0 Å². The molecular weight excluding hydrogens is 444 g/mol. The predicted octanol–water partition coefficient (Wildman–Crippen LogP) is 5.53. The van der Waals surface area contributed by atoms with Gasteiger partial charge in [-0.1, -0.05) is 19.1 Å². The number of aldehydes is 1. The maximum absolute atomic E-state index is 12.6. The predicted molar refractivity (Wildman–Crippen MR) is 134 cm³/mol. The molecule has 0 radical (unpaired) electrons. The minimum absolute atomic E-state index is 0.0351. The van der Waals surface area contributed by atoms with Crippen molar-refractivity contribution in [1.29, 1.82) is 0 Å². The summed E-state index contributed by atoms with van der Waals surface area (Å²) in [5, 5.41) is 9.64. The van der Waals surface area contributed by atoms with Crippen molar-refractivity contribution in [3.63, 3.8) is 0 Å². The minimum Gasteiger partial charge on any atom is -0.506 e. The molecule has 1 unspecified atom stereocenters. The fraction of sp³-hybridized carbons (Fsp3) is 0.0714.